The summed E-state index contributed by atoms with van der Waals surface area (Å²) < 4.78 is 7.23. The topological polar surface area (TPSA) is 43.3 Å². The molecule has 4 nitrogen and oxygen atoms in total. The standard InChI is InChI=1S/C16H20N2O2.ClH/c1-3-20-16(19)10-18-14-5-4-11(2)8-12(14)13-9-17-7-6-15(13)18;/h4-5,8,17H,3,6-7,9-10H2,1-2H3;1H. The summed E-state index contributed by atoms with van der Waals surface area (Å²) in [4.78, 5) is 11.8. The van der Waals surface area contributed by atoms with Crippen LogP contribution >= 0.6 is 12.4 Å². The normalized spacial score (nSPS) is 13.6. The van der Waals surface area contributed by atoms with E-state index in [1.165, 1.54) is 22.2 Å². The molecule has 114 valence electrons. The van der Waals surface area contributed by atoms with Crippen molar-refractivity contribution in [2.24, 2.45) is 0 Å². The molecule has 0 aliphatic carbocycles. The Kier molecular flexibility index (Phi) is 4.91. The highest BCUT2D eigenvalue weighted by molar-refractivity contribution is 5.88. The van der Waals surface area contributed by atoms with Crippen molar-refractivity contribution in [2.75, 3.05) is 13.2 Å². The molecule has 5 heteroatoms. The number of nitrogens with zero attached hydrogens (tertiary/aromatic N) is 1. The van der Waals surface area contributed by atoms with E-state index in [0.29, 0.717) is 13.2 Å². The predicted octanol–water partition coefficient (Wildman–Crippen LogP) is 2.58. The summed E-state index contributed by atoms with van der Waals surface area (Å²) in [6.07, 6.45) is 0.961. The highest BCUT2D eigenvalue weighted by atomic mass is 35.5. The third-order valence-electron chi connectivity index (χ3n) is 3.88. The fourth-order valence-corrected chi connectivity index (χ4v) is 3.01. The van der Waals surface area contributed by atoms with Crippen LogP contribution < -0.4 is 5.32 Å². The maximum Gasteiger partial charge on any atom is 0.325 e. The van der Waals surface area contributed by atoms with Crippen molar-refractivity contribution in [3.63, 3.8) is 0 Å². The summed E-state index contributed by atoms with van der Waals surface area (Å²) in [5, 5.41) is 4.68. The molecule has 1 aliphatic rings. The number of halogens is 1. The van der Waals surface area contributed by atoms with E-state index < -0.39 is 0 Å². The molecular weight excluding hydrogens is 288 g/mol. The molecule has 0 saturated carbocycles. The van der Waals surface area contributed by atoms with E-state index >= 15 is 0 Å². The smallest absolute Gasteiger partial charge is 0.325 e. The number of carbonyl (C=O) groups excluding carboxylic acids is 1. The van der Waals surface area contributed by atoms with Crippen LogP contribution in [0.4, 0.5) is 0 Å². The van der Waals surface area contributed by atoms with Gasteiger partial charge in [-0.1, -0.05) is 11.6 Å². The van der Waals surface area contributed by atoms with Crippen LogP contribution in [-0.2, 0) is 29.0 Å². The van der Waals surface area contributed by atoms with Gasteiger partial charge in [0.2, 0.25) is 0 Å². The lowest BCUT2D eigenvalue weighted by Gasteiger charge is -2.16. The SMILES string of the molecule is CCOC(=O)Cn1c2c(c3cc(C)ccc31)CNCC2.Cl. The summed E-state index contributed by atoms with van der Waals surface area (Å²) in [5.41, 5.74) is 4.99. The molecule has 21 heavy (non-hydrogen) atoms. The van der Waals surface area contributed by atoms with Crippen LogP contribution in [0.1, 0.15) is 23.7 Å². The van der Waals surface area contributed by atoms with Crippen LogP contribution in [0.3, 0.4) is 0 Å². The molecule has 0 bridgehead atoms. The summed E-state index contributed by atoms with van der Waals surface area (Å²) in [6.45, 7) is 6.53. The molecule has 1 N–H and O–H groups in total. The number of hydrogen-bond donors (Lipinski definition) is 1. The van der Waals surface area contributed by atoms with E-state index in [1.807, 2.05) is 6.92 Å². The van der Waals surface area contributed by atoms with Gasteiger partial charge in [0.05, 0.1) is 6.61 Å². The monoisotopic (exact) mass is 308 g/mol. The van der Waals surface area contributed by atoms with Crippen LogP contribution in [0.2, 0.25) is 0 Å². The van der Waals surface area contributed by atoms with Gasteiger partial charge in [-0.3, -0.25) is 4.79 Å². The Morgan fingerprint density at radius 1 is 1.43 bits per heavy atom. The molecule has 0 radical (unpaired) electrons. The third kappa shape index (κ3) is 2.92. The van der Waals surface area contributed by atoms with Crippen LogP contribution in [0.5, 0.6) is 0 Å². The van der Waals surface area contributed by atoms with E-state index in [-0.39, 0.29) is 18.4 Å². The lowest BCUT2D eigenvalue weighted by atomic mass is 10.0. The second kappa shape index (κ2) is 6.50. The molecule has 0 atom stereocenters. The Morgan fingerprint density at radius 3 is 3.00 bits per heavy atom. The third-order valence-corrected chi connectivity index (χ3v) is 3.88. The molecular formula is C16H21ClN2O2. The summed E-state index contributed by atoms with van der Waals surface area (Å²) in [5.74, 6) is -0.161. The lowest BCUT2D eigenvalue weighted by Crippen LogP contribution is -2.25. The average molecular weight is 309 g/mol. The molecule has 0 spiro atoms. The first-order chi connectivity index (χ1) is 9.70. The van der Waals surface area contributed by atoms with Gasteiger partial charge in [0.15, 0.2) is 0 Å². The number of esters is 1. The van der Waals surface area contributed by atoms with Crippen LogP contribution in [0, 0.1) is 6.92 Å². The molecule has 0 amide bonds. The Bertz CT molecular complexity index is 664. The highest BCUT2D eigenvalue weighted by Gasteiger charge is 2.21. The van der Waals surface area contributed by atoms with E-state index in [9.17, 15) is 4.79 Å². The molecule has 2 heterocycles. The van der Waals surface area contributed by atoms with E-state index in [1.54, 1.807) is 0 Å². The van der Waals surface area contributed by atoms with Gasteiger partial charge in [-0.2, -0.15) is 0 Å². The summed E-state index contributed by atoms with van der Waals surface area (Å²) in [7, 11) is 0. The first-order valence-corrected chi connectivity index (χ1v) is 7.17. The number of benzene rings is 1. The van der Waals surface area contributed by atoms with E-state index in [4.69, 9.17) is 4.74 Å². The first kappa shape index (κ1) is 15.9. The number of fused-ring (bicyclic) bond motifs is 3. The second-order valence-electron chi connectivity index (χ2n) is 5.26. The number of aryl methyl sites for hydroxylation is 1. The van der Waals surface area contributed by atoms with Gasteiger partial charge < -0.3 is 14.6 Å². The molecule has 0 unspecified atom stereocenters. The van der Waals surface area contributed by atoms with Gasteiger partial charge in [0.25, 0.3) is 0 Å². The summed E-state index contributed by atoms with van der Waals surface area (Å²) >= 11 is 0. The van der Waals surface area contributed by atoms with Gasteiger partial charge in [0.1, 0.15) is 6.54 Å². The fourth-order valence-electron chi connectivity index (χ4n) is 3.01. The van der Waals surface area contributed by atoms with E-state index in [0.717, 1.165) is 25.0 Å². The Hall–Kier alpha value is -1.52. The van der Waals surface area contributed by atoms with Crippen LogP contribution in [0.15, 0.2) is 18.2 Å². The number of hydrogen-bond acceptors (Lipinski definition) is 3. The Balaban J connectivity index is 0.00000161. The Morgan fingerprint density at radius 2 is 2.24 bits per heavy atom. The minimum absolute atomic E-state index is 0. The van der Waals surface area contributed by atoms with Crippen molar-refractivity contribution < 1.29 is 9.53 Å². The summed E-state index contributed by atoms with van der Waals surface area (Å²) in [6, 6.07) is 6.42. The number of ether oxygens (including phenoxy) is 1. The van der Waals surface area contributed by atoms with Crippen molar-refractivity contribution in [3.8, 4) is 0 Å². The van der Waals surface area contributed by atoms with Gasteiger partial charge in [-0.15, -0.1) is 12.4 Å². The predicted molar refractivity (Wildman–Crippen MR) is 86.0 cm³/mol. The molecule has 1 aromatic carbocycles. The molecule has 1 aromatic heterocycles. The number of carbonyl (C=O) groups is 1. The lowest BCUT2D eigenvalue weighted by molar-refractivity contribution is -0.143. The van der Waals surface area contributed by atoms with Gasteiger partial charge in [-0.05, 0) is 31.5 Å². The molecule has 0 saturated heterocycles. The molecule has 2 aromatic rings. The van der Waals surface area contributed by atoms with Crippen molar-refractivity contribution >= 4 is 29.3 Å². The zero-order valence-corrected chi connectivity index (χ0v) is 13.3. The van der Waals surface area contributed by atoms with E-state index in [2.05, 4.69) is 35.0 Å². The minimum Gasteiger partial charge on any atom is -0.465 e. The Labute approximate surface area is 130 Å². The van der Waals surface area contributed by atoms with Crippen LogP contribution in [-0.4, -0.2) is 23.7 Å². The zero-order chi connectivity index (χ0) is 14.1. The largest absolute Gasteiger partial charge is 0.465 e. The van der Waals surface area contributed by atoms with Crippen molar-refractivity contribution in [1.82, 2.24) is 9.88 Å². The van der Waals surface area contributed by atoms with Gasteiger partial charge in [0, 0.05) is 36.1 Å². The number of rotatable bonds is 3. The second-order valence-corrected chi connectivity index (χ2v) is 5.26. The quantitative estimate of drug-likeness (QED) is 0.886. The average Bonchev–Trinajstić information content (AvgIpc) is 2.74. The molecule has 1 aliphatic heterocycles. The molecule has 0 fully saturated rings. The first-order valence-electron chi connectivity index (χ1n) is 7.17. The maximum absolute atomic E-state index is 11.8. The maximum atomic E-state index is 11.8. The zero-order valence-electron chi connectivity index (χ0n) is 12.4. The van der Waals surface area contributed by atoms with Crippen LogP contribution in [0.25, 0.3) is 10.9 Å². The number of nitrogens with one attached hydrogen (secondary N) is 1. The number of aromatic nitrogens is 1. The fraction of sp³-hybridized carbons (Fsp3) is 0.438. The van der Waals surface area contributed by atoms with Crippen molar-refractivity contribution in [1.29, 1.82) is 0 Å². The minimum atomic E-state index is -0.161. The van der Waals surface area contributed by atoms with Crippen molar-refractivity contribution in [2.45, 2.75) is 33.4 Å². The van der Waals surface area contributed by atoms with Gasteiger partial charge >= 0.3 is 5.97 Å². The van der Waals surface area contributed by atoms with Gasteiger partial charge in [-0.25, -0.2) is 0 Å². The molecule has 3 rings (SSSR count). The highest BCUT2D eigenvalue weighted by Crippen LogP contribution is 2.29. The van der Waals surface area contributed by atoms with Crippen molar-refractivity contribution in [3.05, 3.63) is 35.0 Å².